The lowest BCUT2D eigenvalue weighted by atomic mass is 10.1. The molecule has 0 aromatic heterocycles. The summed E-state index contributed by atoms with van der Waals surface area (Å²) in [6.45, 7) is 2.57. The van der Waals surface area contributed by atoms with E-state index in [1.807, 2.05) is 6.92 Å². The Morgan fingerprint density at radius 2 is 2.12 bits per heavy atom. The van der Waals surface area contributed by atoms with E-state index in [1.165, 1.54) is 0 Å². The van der Waals surface area contributed by atoms with Gasteiger partial charge in [0.05, 0.1) is 12.1 Å². The van der Waals surface area contributed by atoms with Gasteiger partial charge in [-0.15, -0.1) is 0 Å². The van der Waals surface area contributed by atoms with Crippen LogP contribution in [0.2, 0.25) is 0 Å². The standard InChI is InChI=1S/C12H21N3O2/c1-8(11(16)15-9-5-6-9)14-10-4-2-3-7-13-12(10)17/h8-10,14H,2-7H2,1H3,(H,13,17)(H,15,16). The highest BCUT2D eigenvalue weighted by Crippen LogP contribution is 2.18. The first-order chi connectivity index (χ1) is 8.16. The lowest BCUT2D eigenvalue weighted by molar-refractivity contribution is -0.125. The van der Waals surface area contributed by atoms with Crippen LogP contribution in [0, 0.1) is 0 Å². The van der Waals surface area contributed by atoms with E-state index in [2.05, 4.69) is 16.0 Å². The van der Waals surface area contributed by atoms with Crippen molar-refractivity contribution in [2.75, 3.05) is 6.54 Å². The van der Waals surface area contributed by atoms with Crippen molar-refractivity contribution in [2.45, 2.75) is 57.2 Å². The molecule has 2 aliphatic rings. The summed E-state index contributed by atoms with van der Waals surface area (Å²) in [6.07, 6.45) is 5.03. The van der Waals surface area contributed by atoms with E-state index in [1.54, 1.807) is 0 Å². The first kappa shape index (κ1) is 12.4. The van der Waals surface area contributed by atoms with Crippen LogP contribution in [-0.4, -0.2) is 36.5 Å². The van der Waals surface area contributed by atoms with Gasteiger partial charge in [-0.1, -0.05) is 0 Å². The number of carbonyl (C=O) groups excluding carboxylic acids is 2. The van der Waals surface area contributed by atoms with Crippen LogP contribution in [0.4, 0.5) is 0 Å². The summed E-state index contributed by atoms with van der Waals surface area (Å²) in [5.74, 6) is 0.0260. The van der Waals surface area contributed by atoms with Gasteiger partial charge in [0.2, 0.25) is 11.8 Å². The SMILES string of the molecule is CC(NC1CCCCNC1=O)C(=O)NC1CC1. The van der Waals surface area contributed by atoms with Gasteiger partial charge in [-0.2, -0.15) is 0 Å². The van der Waals surface area contributed by atoms with E-state index in [4.69, 9.17) is 0 Å². The van der Waals surface area contributed by atoms with Crippen LogP contribution in [0.15, 0.2) is 0 Å². The van der Waals surface area contributed by atoms with Crippen molar-refractivity contribution in [1.82, 2.24) is 16.0 Å². The molecule has 5 nitrogen and oxygen atoms in total. The average molecular weight is 239 g/mol. The predicted molar refractivity (Wildman–Crippen MR) is 64.4 cm³/mol. The van der Waals surface area contributed by atoms with E-state index in [9.17, 15) is 9.59 Å². The fourth-order valence-electron chi connectivity index (χ4n) is 2.03. The van der Waals surface area contributed by atoms with Crippen molar-refractivity contribution in [3.05, 3.63) is 0 Å². The molecule has 96 valence electrons. The van der Waals surface area contributed by atoms with Crippen LogP contribution in [0.5, 0.6) is 0 Å². The average Bonchev–Trinajstić information content (AvgIpc) is 3.10. The minimum atomic E-state index is -0.301. The zero-order valence-electron chi connectivity index (χ0n) is 10.3. The number of hydrogen-bond donors (Lipinski definition) is 3. The minimum Gasteiger partial charge on any atom is -0.355 e. The maximum Gasteiger partial charge on any atom is 0.237 e. The van der Waals surface area contributed by atoms with Gasteiger partial charge in [-0.25, -0.2) is 0 Å². The molecule has 0 radical (unpaired) electrons. The smallest absolute Gasteiger partial charge is 0.237 e. The number of rotatable bonds is 4. The minimum absolute atomic E-state index is 0.00421. The first-order valence-electron chi connectivity index (χ1n) is 6.51. The summed E-state index contributed by atoms with van der Waals surface area (Å²) in [5, 5.41) is 8.92. The number of amides is 2. The van der Waals surface area contributed by atoms with Crippen molar-refractivity contribution in [3.63, 3.8) is 0 Å². The van der Waals surface area contributed by atoms with Gasteiger partial charge in [-0.3, -0.25) is 14.9 Å². The van der Waals surface area contributed by atoms with E-state index in [-0.39, 0.29) is 23.9 Å². The lowest BCUT2D eigenvalue weighted by Gasteiger charge is -2.20. The Hall–Kier alpha value is -1.10. The van der Waals surface area contributed by atoms with Gasteiger partial charge < -0.3 is 10.6 Å². The second kappa shape index (κ2) is 5.49. The fourth-order valence-corrected chi connectivity index (χ4v) is 2.03. The lowest BCUT2D eigenvalue weighted by Crippen LogP contribution is -2.51. The third-order valence-electron chi connectivity index (χ3n) is 3.30. The van der Waals surface area contributed by atoms with Gasteiger partial charge in [0.1, 0.15) is 0 Å². The van der Waals surface area contributed by atoms with Crippen LogP contribution < -0.4 is 16.0 Å². The quantitative estimate of drug-likeness (QED) is 0.642. The molecule has 1 saturated carbocycles. The van der Waals surface area contributed by atoms with E-state index in [0.29, 0.717) is 6.04 Å². The van der Waals surface area contributed by atoms with Crippen LogP contribution in [-0.2, 0) is 9.59 Å². The molecule has 3 N–H and O–H groups in total. The van der Waals surface area contributed by atoms with Gasteiger partial charge in [0.25, 0.3) is 0 Å². The molecular weight excluding hydrogens is 218 g/mol. The number of hydrogen-bond acceptors (Lipinski definition) is 3. The molecule has 1 saturated heterocycles. The Morgan fingerprint density at radius 3 is 2.82 bits per heavy atom. The monoisotopic (exact) mass is 239 g/mol. The van der Waals surface area contributed by atoms with Crippen LogP contribution >= 0.6 is 0 Å². The second-order valence-electron chi connectivity index (χ2n) is 5.01. The summed E-state index contributed by atoms with van der Waals surface area (Å²) in [6, 6.07) is -0.156. The summed E-state index contributed by atoms with van der Waals surface area (Å²) in [5.41, 5.74) is 0. The molecule has 2 fully saturated rings. The van der Waals surface area contributed by atoms with Crippen LogP contribution in [0.25, 0.3) is 0 Å². The van der Waals surface area contributed by atoms with Gasteiger partial charge >= 0.3 is 0 Å². The highest BCUT2D eigenvalue weighted by atomic mass is 16.2. The zero-order chi connectivity index (χ0) is 12.3. The molecule has 1 aliphatic heterocycles. The summed E-state index contributed by atoms with van der Waals surface area (Å²) in [4.78, 5) is 23.5. The van der Waals surface area contributed by atoms with Crippen molar-refractivity contribution >= 4 is 11.8 Å². The Morgan fingerprint density at radius 1 is 1.35 bits per heavy atom. The van der Waals surface area contributed by atoms with Crippen molar-refractivity contribution in [3.8, 4) is 0 Å². The Labute approximate surface area is 102 Å². The molecule has 1 aliphatic carbocycles. The van der Waals surface area contributed by atoms with Crippen LogP contribution in [0.3, 0.4) is 0 Å². The van der Waals surface area contributed by atoms with E-state index >= 15 is 0 Å². The molecular formula is C12H21N3O2. The predicted octanol–water partition coefficient (Wildman–Crippen LogP) is -0.0882. The first-order valence-corrected chi connectivity index (χ1v) is 6.51. The molecule has 1 heterocycles. The Balaban J connectivity index is 1.80. The molecule has 2 amide bonds. The third kappa shape index (κ3) is 3.70. The van der Waals surface area contributed by atoms with E-state index in [0.717, 1.165) is 38.6 Å². The van der Waals surface area contributed by atoms with Crippen molar-refractivity contribution in [2.24, 2.45) is 0 Å². The third-order valence-corrected chi connectivity index (χ3v) is 3.30. The van der Waals surface area contributed by atoms with Gasteiger partial charge in [-0.05, 0) is 39.0 Å². The van der Waals surface area contributed by atoms with Crippen LogP contribution in [0.1, 0.15) is 39.0 Å². The molecule has 5 heteroatoms. The topological polar surface area (TPSA) is 70.2 Å². The largest absolute Gasteiger partial charge is 0.355 e. The molecule has 0 spiro atoms. The molecule has 17 heavy (non-hydrogen) atoms. The molecule has 2 atom stereocenters. The Bertz CT molecular complexity index is 302. The summed E-state index contributed by atoms with van der Waals surface area (Å²) in [7, 11) is 0. The summed E-state index contributed by atoms with van der Waals surface area (Å²) < 4.78 is 0. The number of nitrogens with one attached hydrogen (secondary N) is 3. The normalized spacial score (nSPS) is 26.9. The fraction of sp³-hybridized carbons (Fsp3) is 0.833. The molecule has 2 rings (SSSR count). The van der Waals surface area contributed by atoms with Crippen molar-refractivity contribution in [1.29, 1.82) is 0 Å². The van der Waals surface area contributed by atoms with Gasteiger partial charge in [0.15, 0.2) is 0 Å². The molecule has 2 unspecified atom stereocenters. The van der Waals surface area contributed by atoms with Crippen molar-refractivity contribution < 1.29 is 9.59 Å². The van der Waals surface area contributed by atoms with Gasteiger partial charge in [0, 0.05) is 12.6 Å². The van der Waals surface area contributed by atoms with E-state index < -0.39 is 0 Å². The maximum absolute atomic E-state index is 11.8. The maximum atomic E-state index is 11.8. The second-order valence-corrected chi connectivity index (χ2v) is 5.01. The molecule has 0 aromatic rings. The Kier molecular flexibility index (Phi) is 3.99. The molecule has 0 bridgehead atoms. The zero-order valence-corrected chi connectivity index (χ0v) is 10.3. The number of carbonyl (C=O) groups is 2. The highest BCUT2D eigenvalue weighted by molar-refractivity contribution is 5.85. The summed E-state index contributed by atoms with van der Waals surface area (Å²) >= 11 is 0. The highest BCUT2D eigenvalue weighted by Gasteiger charge is 2.28. The molecule has 0 aromatic carbocycles.